The molecule has 0 saturated heterocycles. The van der Waals surface area contributed by atoms with Gasteiger partial charge < -0.3 is 0 Å². The molecular formula is C11H15ClO2S. The van der Waals surface area contributed by atoms with Crippen LogP contribution >= 0.6 is 10.7 Å². The maximum absolute atomic E-state index is 10.9. The standard InChI is InChI=1S/C11H15ClO2S/c1-11(2,8-9-15(12,13)14)10-6-4-3-5-7-10/h3-7H,8-9H2,1-2H3. The SMILES string of the molecule is CC(C)(CCS(=O)(=O)Cl)c1ccccc1. The third kappa shape index (κ3) is 4.22. The summed E-state index contributed by atoms with van der Waals surface area (Å²) in [6, 6.07) is 9.85. The van der Waals surface area contributed by atoms with Crippen LogP contribution in [0.1, 0.15) is 25.8 Å². The molecule has 0 amide bonds. The van der Waals surface area contributed by atoms with E-state index in [1.165, 1.54) is 0 Å². The highest BCUT2D eigenvalue weighted by Gasteiger charge is 2.22. The summed E-state index contributed by atoms with van der Waals surface area (Å²) in [6.45, 7) is 4.04. The molecule has 0 aromatic heterocycles. The fraction of sp³-hybridized carbons (Fsp3) is 0.455. The Morgan fingerprint density at radius 1 is 1.20 bits per heavy atom. The lowest BCUT2D eigenvalue weighted by Gasteiger charge is -2.24. The van der Waals surface area contributed by atoms with Crippen LogP contribution in [0.5, 0.6) is 0 Å². The normalized spacial score (nSPS) is 12.7. The lowest BCUT2D eigenvalue weighted by molar-refractivity contribution is 0.502. The van der Waals surface area contributed by atoms with Gasteiger partial charge in [0.25, 0.3) is 0 Å². The van der Waals surface area contributed by atoms with Crippen LogP contribution in [0.3, 0.4) is 0 Å². The third-order valence-corrected chi connectivity index (χ3v) is 3.68. The van der Waals surface area contributed by atoms with E-state index < -0.39 is 9.05 Å². The van der Waals surface area contributed by atoms with E-state index >= 15 is 0 Å². The Balaban J connectivity index is 2.76. The largest absolute Gasteiger partial charge is 0.232 e. The van der Waals surface area contributed by atoms with Crippen molar-refractivity contribution in [2.24, 2.45) is 0 Å². The predicted octanol–water partition coefficient (Wildman–Crippen LogP) is 2.92. The van der Waals surface area contributed by atoms with E-state index in [0.717, 1.165) is 5.56 Å². The van der Waals surface area contributed by atoms with E-state index in [4.69, 9.17) is 10.7 Å². The number of hydrogen-bond acceptors (Lipinski definition) is 2. The minimum atomic E-state index is -3.39. The summed E-state index contributed by atoms with van der Waals surface area (Å²) in [6.07, 6.45) is 0.531. The molecule has 0 radical (unpaired) electrons. The van der Waals surface area contributed by atoms with Crippen LogP contribution in [0.4, 0.5) is 0 Å². The predicted molar refractivity (Wildman–Crippen MR) is 63.7 cm³/mol. The van der Waals surface area contributed by atoms with E-state index in [-0.39, 0.29) is 11.2 Å². The molecule has 0 aliphatic heterocycles. The Morgan fingerprint density at radius 2 is 1.73 bits per heavy atom. The van der Waals surface area contributed by atoms with Crippen molar-refractivity contribution < 1.29 is 8.42 Å². The van der Waals surface area contributed by atoms with Crippen molar-refractivity contribution in [2.75, 3.05) is 5.75 Å². The first-order valence-corrected chi connectivity index (χ1v) is 7.27. The molecule has 0 spiro atoms. The number of rotatable bonds is 4. The fourth-order valence-corrected chi connectivity index (χ4v) is 2.40. The van der Waals surface area contributed by atoms with Crippen molar-refractivity contribution in [3.8, 4) is 0 Å². The van der Waals surface area contributed by atoms with Gasteiger partial charge in [0, 0.05) is 10.7 Å². The average Bonchev–Trinajstić information content (AvgIpc) is 2.16. The Labute approximate surface area is 95.7 Å². The molecular weight excluding hydrogens is 232 g/mol. The highest BCUT2D eigenvalue weighted by Crippen LogP contribution is 2.27. The summed E-state index contributed by atoms with van der Waals surface area (Å²) in [4.78, 5) is 0. The Kier molecular flexibility index (Phi) is 3.79. The van der Waals surface area contributed by atoms with Crippen molar-refractivity contribution in [2.45, 2.75) is 25.7 Å². The van der Waals surface area contributed by atoms with Crippen LogP contribution in [-0.4, -0.2) is 14.2 Å². The molecule has 4 heteroatoms. The van der Waals surface area contributed by atoms with E-state index in [2.05, 4.69) is 0 Å². The van der Waals surface area contributed by atoms with Crippen molar-refractivity contribution in [1.82, 2.24) is 0 Å². The molecule has 0 heterocycles. The van der Waals surface area contributed by atoms with Gasteiger partial charge in [-0.2, -0.15) is 0 Å². The van der Waals surface area contributed by atoms with Gasteiger partial charge in [-0.1, -0.05) is 44.2 Å². The maximum atomic E-state index is 10.9. The van der Waals surface area contributed by atoms with Gasteiger partial charge in [-0.05, 0) is 17.4 Å². The van der Waals surface area contributed by atoms with Crippen molar-refractivity contribution in [1.29, 1.82) is 0 Å². The summed E-state index contributed by atoms with van der Waals surface area (Å²) in [5, 5.41) is 0. The van der Waals surface area contributed by atoms with Crippen LogP contribution < -0.4 is 0 Å². The van der Waals surface area contributed by atoms with E-state index in [9.17, 15) is 8.42 Å². The molecule has 1 rings (SSSR count). The molecule has 0 saturated carbocycles. The summed E-state index contributed by atoms with van der Waals surface area (Å²) in [5.41, 5.74) is 0.966. The maximum Gasteiger partial charge on any atom is 0.232 e. The van der Waals surface area contributed by atoms with E-state index in [0.29, 0.717) is 6.42 Å². The Bertz CT molecular complexity index is 409. The van der Waals surface area contributed by atoms with Crippen LogP contribution in [0.25, 0.3) is 0 Å². The van der Waals surface area contributed by atoms with Crippen molar-refractivity contribution >= 4 is 19.7 Å². The molecule has 0 bridgehead atoms. The van der Waals surface area contributed by atoms with Gasteiger partial charge in [-0.15, -0.1) is 0 Å². The lowest BCUT2D eigenvalue weighted by atomic mass is 9.82. The number of hydrogen-bond donors (Lipinski definition) is 0. The summed E-state index contributed by atoms with van der Waals surface area (Å²) in [5.74, 6) is 0.0104. The molecule has 0 fully saturated rings. The van der Waals surface area contributed by atoms with E-state index in [1.54, 1.807) is 0 Å². The first kappa shape index (κ1) is 12.5. The topological polar surface area (TPSA) is 34.1 Å². The van der Waals surface area contributed by atoms with Gasteiger partial charge in [0.05, 0.1) is 5.75 Å². The molecule has 0 N–H and O–H groups in total. The highest BCUT2D eigenvalue weighted by molar-refractivity contribution is 8.13. The summed E-state index contributed by atoms with van der Waals surface area (Å²) >= 11 is 0. The zero-order valence-electron chi connectivity index (χ0n) is 8.90. The van der Waals surface area contributed by atoms with Gasteiger partial charge in [-0.25, -0.2) is 8.42 Å². The van der Waals surface area contributed by atoms with E-state index in [1.807, 2.05) is 44.2 Å². The molecule has 1 aromatic rings. The van der Waals surface area contributed by atoms with Gasteiger partial charge in [0.15, 0.2) is 0 Å². The zero-order valence-corrected chi connectivity index (χ0v) is 10.5. The molecule has 2 nitrogen and oxygen atoms in total. The van der Waals surface area contributed by atoms with Crippen LogP contribution in [0, 0.1) is 0 Å². The second-order valence-corrected chi connectivity index (χ2v) is 7.14. The first-order valence-electron chi connectivity index (χ1n) is 4.79. The monoisotopic (exact) mass is 246 g/mol. The van der Waals surface area contributed by atoms with Crippen LogP contribution in [0.2, 0.25) is 0 Å². The van der Waals surface area contributed by atoms with Crippen molar-refractivity contribution in [3.05, 3.63) is 35.9 Å². The first-order chi connectivity index (χ1) is 6.81. The summed E-state index contributed by atoms with van der Waals surface area (Å²) in [7, 11) is 1.81. The lowest BCUT2D eigenvalue weighted by Crippen LogP contribution is -2.20. The zero-order chi connectivity index (χ0) is 11.5. The molecule has 0 unspecified atom stereocenters. The molecule has 15 heavy (non-hydrogen) atoms. The van der Waals surface area contributed by atoms with Gasteiger partial charge >= 0.3 is 0 Å². The Hall–Kier alpha value is -0.540. The third-order valence-electron chi connectivity index (χ3n) is 2.53. The molecule has 0 aliphatic carbocycles. The van der Waals surface area contributed by atoms with Crippen molar-refractivity contribution in [3.63, 3.8) is 0 Å². The minimum absolute atomic E-state index is 0.0104. The molecule has 84 valence electrons. The average molecular weight is 247 g/mol. The van der Waals surface area contributed by atoms with Gasteiger partial charge in [-0.3, -0.25) is 0 Å². The highest BCUT2D eigenvalue weighted by atomic mass is 35.7. The minimum Gasteiger partial charge on any atom is -0.212 e. The molecule has 1 aromatic carbocycles. The van der Waals surface area contributed by atoms with Crippen LogP contribution in [0.15, 0.2) is 30.3 Å². The number of halogens is 1. The van der Waals surface area contributed by atoms with Gasteiger partial charge in [0.1, 0.15) is 0 Å². The smallest absolute Gasteiger partial charge is 0.212 e. The van der Waals surface area contributed by atoms with Crippen LogP contribution in [-0.2, 0) is 14.5 Å². The molecule has 0 aliphatic rings. The second kappa shape index (κ2) is 4.54. The Morgan fingerprint density at radius 3 is 2.20 bits per heavy atom. The summed E-state index contributed by atoms with van der Waals surface area (Å²) < 4.78 is 21.7. The fourth-order valence-electron chi connectivity index (χ4n) is 1.41. The van der Waals surface area contributed by atoms with Gasteiger partial charge in [0.2, 0.25) is 9.05 Å². The quantitative estimate of drug-likeness (QED) is 0.766. The number of benzene rings is 1. The molecule has 0 atom stereocenters. The second-order valence-electron chi connectivity index (χ2n) is 4.24.